The molecule has 0 amide bonds. The molecule has 1 unspecified atom stereocenters. The minimum atomic E-state index is 0.0142. The Labute approximate surface area is 117 Å². The number of nitrogens with one attached hydrogen (secondary N) is 1. The number of likely N-dealkylation sites (tertiary alicyclic amines) is 1. The van der Waals surface area contributed by atoms with Crippen molar-refractivity contribution in [1.82, 2.24) is 10.2 Å². The summed E-state index contributed by atoms with van der Waals surface area (Å²) >= 11 is 0. The second-order valence-electron chi connectivity index (χ2n) is 7.05. The van der Waals surface area contributed by atoms with Gasteiger partial charge >= 0.3 is 0 Å². The van der Waals surface area contributed by atoms with Crippen molar-refractivity contribution in [2.24, 2.45) is 5.92 Å². The maximum atomic E-state index is 10.0. The molecule has 0 aromatic carbocycles. The summed E-state index contributed by atoms with van der Waals surface area (Å²) in [6.45, 7) is 3.87. The second-order valence-corrected chi connectivity index (χ2v) is 7.05. The van der Waals surface area contributed by atoms with Gasteiger partial charge in [-0.25, -0.2) is 0 Å². The molecular formula is C16H30N2O. The second kappa shape index (κ2) is 6.11. The van der Waals surface area contributed by atoms with Crippen LogP contribution in [-0.4, -0.2) is 47.8 Å². The van der Waals surface area contributed by atoms with E-state index in [1.165, 1.54) is 70.9 Å². The van der Waals surface area contributed by atoms with E-state index in [0.29, 0.717) is 12.6 Å². The minimum absolute atomic E-state index is 0.0142. The Kier molecular flexibility index (Phi) is 4.45. The van der Waals surface area contributed by atoms with E-state index in [2.05, 4.69) is 10.2 Å². The molecule has 0 spiro atoms. The molecule has 0 radical (unpaired) electrons. The Balaban J connectivity index is 1.61. The van der Waals surface area contributed by atoms with Gasteiger partial charge in [0.1, 0.15) is 0 Å². The lowest BCUT2D eigenvalue weighted by atomic mass is 9.92. The van der Waals surface area contributed by atoms with Crippen molar-refractivity contribution in [2.45, 2.75) is 69.4 Å². The molecule has 0 bridgehead atoms. The summed E-state index contributed by atoms with van der Waals surface area (Å²) in [6.07, 6.45) is 12.1. The molecule has 2 N–H and O–H groups in total. The highest BCUT2D eigenvalue weighted by Gasteiger charge is 2.48. The molecule has 19 heavy (non-hydrogen) atoms. The average Bonchev–Trinajstić information content (AvgIpc) is 3.24. The van der Waals surface area contributed by atoms with Gasteiger partial charge in [-0.05, 0) is 57.5 Å². The predicted molar refractivity (Wildman–Crippen MR) is 78.2 cm³/mol. The maximum Gasteiger partial charge on any atom is 0.0628 e. The van der Waals surface area contributed by atoms with Crippen LogP contribution in [0.2, 0.25) is 0 Å². The van der Waals surface area contributed by atoms with Crippen molar-refractivity contribution in [3.05, 3.63) is 0 Å². The Morgan fingerprint density at radius 2 is 1.58 bits per heavy atom. The molecule has 3 heteroatoms. The van der Waals surface area contributed by atoms with E-state index in [1.54, 1.807) is 0 Å². The zero-order chi connectivity index (χ0) is 13.1. The number of aliphatic hydroxyl groups is 1. The molecule has 3 nitrogen and oxygen atoms in total. The third-order valence-corrected chi connectivity index (χ3v) is 5.16. The molecule has 3 rings (SSSR count). The number of hydrogen-bond acceptors (Lipinski definition) is 3. The van der Waals surface area contributed by atoms with Gasteiger partial charge in [-0.1, -0.05) is 19.3 Å². The first-order chi connectivity index (χ1) is 9.32. The van der Waals surface area contributed by atoms with Gasteiger partial charge in [0.15, 0.2) is 0 Å². The molecule has 1 saturated heterocycles. The van der Waals surface area contributed by atoms with Crippen LogP contribution in [0.15, 0.2) is 0 Å². The van der Waals surface area contributed by atoms with E-state index < -0.39 is 0 Å². The molecule has 1 heterocycles. The van der Waals surface area contributed by atoms with Crippen molar-refractivity contribution in [2.75, 3.05) is 26.2 Å². The molecule has 3 fully saturated rings. The summed E-state index contributed by atoms with van der Waals surface area (Å²) in [6, 6.07) is 0.697. The summed E-state index contributed by atoms with van der Waals surface area (Å²) in [4.78, 5) is 2.63. The normalized spacial score (nSPS) is 29.5. The average molecular weight is 266 g/mol. The van der Waals surface area contributed by atoms with Crippen LogP contribution in [0.4, 0.5) is 0 Å². The maximum absolute atomic E-state index is 10.0. The van der Waals surface area contributed by atoms with Crippen molar-refractivity contribution in [3.8, 4) is 0 Å². The monoisotopic (exact) mass is 266 g/mol. The van der Waals surface area contributed by atoms with Crippen LogP contribution in [0.3, 0.4) is 0 Å². The Hall–Kier alpha value is -0.120. The van der Waals surface area contributed by atoms with Crippen LogP contribution < -0.4 is 5.32 Å². The molecule has 3 aliphatic rings. The van der Waals surface area contributed by atoms with Crippen LogP contribution in [-0.2, 0) is 0 Å². The van der Waals surface area contributed by atoms with E-state index >= 15 is 0 Å². The van der Waals surface area contributed by atoms with Crippen LogP contribution in [0.5, 0.6) is 0 Å². The fourth-order valence-corrected chi connectivity index (χ4v) is 3.66. The standard InChI is InChI=1S/C16H30N2O/c19-13-16(14-6-7-14,17-15-8-9-15)12-18-10-4-2-1-3-5-11-18/h14-15,17,19H,1-13H2. The van der Waals surface area contributed by atoms with Crippen molar-refractivity contribution >= 4 is 0 Å². The number of aliphatic hydroxyl groups excluding tert-OH is 1. The van der Waals surface area contributed by atoms with Crippen LogP contribution in [0.25, 0.3) is 0 Å². The van der Waals surface area contributed by atoms with Gasteiger partial charge in [-0.3, -0.25) is 0 Å². The number of rotatable bonds is 6. The molecule has 0 aromatic rings. The first kappa shape index (κ1) is 13.8. The topological polar surface area (TPSA) is 35.5 Å². The van der Waals surface area contributed by atoms with Gasteiger partial charge in [0, 0.05) is 12.6 Å². The number of hydrogen-bond donors (Lipinski definition) is 2. The lowest BCUT2D eigenvalue weighted by molar-refractivity contribution is 0.0848. The van der Waals surface area contributed by atoms with Gasteiger partial charge in [0.25, 0.3) is 0 Å². The van der Waals surface area contributed by atoms with Crippen LogP contribution in [0.1, 0.15) is 57.8 Å². The highest BCUT2D eigenvalue weighted by molar-refractivity contribution is 5.06. The SMILES string of the molecule is OCC(CN1CCCCCCC1)(NC1CC1)C1CC1. The van der Waals surface area contributed by atoms with Crippen molar-refractivity contribution in [1.29, 1.82) is 0 Å². The third kappa shape index (κ3) is 3.71. The lowest BCUT2D eigenvalue weighted by Gasteiger charge is -2.39. The van der Waals surface area contributed by atoms with E-state index in [1.807, 2.05) is 0 Å². The van der Waals surface area contributed by atoms with Gasteiger partial charge in [-0.15, -0.1) is 0 Å². The summed E-state index contributed by atoms with van der Waals surface area (Å²) < 4.78 is 0. The Morgan fingerprint density at radius 1 is 0.947 bits per heavy atom. The molecule has 1 aliphatic heterocycles. The minimum Gasteiger partial charge on any atom is -0.394 e. The summed E-state index contributed by atoms with van der Waals surface area (Å²) in [5.74, 6) is 0.726. The summed E-state index contributed by atoms with van der Waals surface area (Å²) in [5, 5.41) is 13.8. The lowest BCUT2D eigenvalue weighted by Crippen LogP contribution is -2.59. The first-order valence-corrected chi connectivity index (χ1v) is 8.43. The molecule has 2 saturated carbocycles. The molecule has 0 aromatic heterocycles. The zero-order valence-electron chi connectivity index (χ0n) is 12.2. The van der Waals surface area contributed by atoms with E-state index in [9.17, 15) is 5.11 Å². The predicted octanol–water partition coefficient (Wildman–Crippen LogP) is 2.15. The van der Waals surface area contributed by atoms with Crippen molar-refractivity contribution in [3.63, 3.8) is 0 Å². The Bertz CT molecular complexity index is 280. The molecule has 110 valence electrons. The largest absolute Gasteiger partial charge is 0.394 e. The van der Waals surface area contributed by atoms with Gasteiger partial charge < -0.3 is 15.3 Å². The van der Waals surface area contributed by atoms with E-state index in [0.717, 1.165) is 12.5 Å². The Morgan fingerprint density at radius 3 is 2.11 bits per heavy atom. The van der Waals surface area contributed by atoms with E-state index in [-0.39, 0.29) is 5.54 Å². The third-order valence-electron chi connectivity index (χ3n) is 5.16. The van der Waals surface area contributed by atoms with Gasteiger partial charge in [0.05, 0.1) is 12.1 Å². The fraction of sp³-hybridized carbons (Fsp3) is 1.00. The first-order valence-electron chi connectivity index (χ1n) is 8.43. The highest BCUT2D eigenvalue weighted by atomic mass is 16.3. The quantitative estimate of drug-likeness (QED) is 0.773. The number of nitrogens with zero attached hydrogens (tertiary/aromatic N) is 1. The van der Waals surface area contributed by atoms with Crippen LogP contribution in [0, 0.1) is 5.92 Å². The summed E-state index contributed by atoms with van der Waals surface area (Å²) in [7, 11) is 0. The smallest absolute Gasteiger partial charge is 0.0628 e. The highest BCUT2D eigenvalue weighted by Crippen LogP contribution is 2.42. The van der Waals surface area contributed by atoms with Gasteiger partial charge in [0.2, 0.25) is 0 Å². The summed E-state index contributed by atoms with van der Waals surface area (Å²) in [5.41, 5.74) is 0.0142. The zero-order valence-corrected chi connectivity index (χ0v) is 12.2. The molecule has 2 aliphatic carbocycles. The van der Waals surface area contributed by atoms with Gasteiger partial charge in [-0.2, -0.15) is 0 Å². The fourth-order valence-electron chi connectivity index (χ4n) is 3.66. The van der Waals surface area contributed by atoms with Crippen molar-refractivity contribution < 1.29 is 5.11 Å². The molecule has 1 atom stereocenters. The molecular weight excluding hydrogens is 236 g/mol. The van der Waals surface area contributed by atoms with E-state index in [4.69, 9.17) is 0 Å². The van der Waals surface area contributed by atoms with Crippen LogP contribution >= 0.6 is 0 Å².